The number of hydrogen-bond acceptors (Lipinski definition) is 4. The van der Waals surface area contributed by atoms with Crippen molar-refractivity contribution < 1.29 is 13.3 Å². The molecule has 3 rings (SSSR count). The third kappa shape index (κ3) is 3.24. The van der Waals surface area contributed by atoms with Crippen LogP contribution in [0.25, 0.3) is 0 Å². The van der Waals surface area contributed by atoms with E-state index in [-0.39, 0.29) is 22.3 Å². The fourth-order valence-corrected chi connectivity index (χ4v) is 8.44. The van der Waals surface area contributed by atoms with Gasteiger partial charge >= 0.3 is 0 Å². The number of rotatable bonds is 5. The van der Waals surface area contributed by atoms with Gasteiger partial charge in [0, 0.05) is 17.8 Å². The van der Waals surface area contributed by atoms with E-state index in [0.717, 1.165) is 5.56 Å². The number of sulfonamides is 1. The molecule has 1 saturated heterocycles. The Hall–Kier alpha value is -2.03. The van der Waals surface area contributed by atoms with E-state index in [1.807, 2.05) is 30.3 Å². The van der Waals surface area contributed by atoms with Crippen LogP contribution in [0.5, 0.6) is 0 Å². The van der Waals surface area contributed by atoms with E-state index >= 15 is 0 Å². The lowest BCUT2D eigenvalue weighted by Gasteiger charge is -2.15. The van der Waals surface area contributed by atoms with Crippen LogP contribution in [0.15, 0.2) is 59.5 Å². The predicted octanol–water partition coefficient (Wildman–Crippen LogP) is 3.59. The molecule has 1 aliphatic rings. The maximum absolute atomic E-state index is 13.1. The lowest BCUT2D eigenvalue weighted by molar-refractivity contribution is -0.384. The lowest BCUT2D eigenvalue weighted by Crippen LogP contribution is -2.33. The Kier molecular flexibility index (Phi) is 4.30. The molecule has 2 aromatic carbocycles. The van der Waals surface area contributed by atoms with Crippen LogP contribution in [0, 0.1) is 10.1 Å². The topological polar surface area (TPSA) is 80.3 Å². The second-order valence-corrected chi connectivity index (χ2v) is 14.4. The van der Waals surface area contributed by atoms with E-state index in [4.69, 9.17) is 0 Å². The van der Waals surface area contributed by atoms with Crippen molar-refractivity contribution in [2.75, 3.05) is 0 Å². The van der Waals surface area contributed by atoms with Crippen LogP contribution in [0.1, 0.15) is 11.6 Å². The minimum atomic E-state index is -3.69. The normalized spacial score (nSPS) is 23.2. The summed E-state index contributed by atoms with van der Waals surface area (Å²) in [7, 11) is -5.46. The summed E-state index contributed by atoms with van der Waals surface area (Å²) >= 11 is 0. The molecule has 0 aliphatic carbocycles. The molecule has 0 amide bonds. The van der Waals surface area contributed by atoms with Crippen LogP contribution < -0.4 is 0 Å². The summed E-state index contributed by atoms with van der Waals surface area (Å²) in [6.45, 7) is 6.46. The summed E-state index contributed by atoms with van der Waals surface area (Å²) in [6, 6.07) is 14.6. The highest BCUT2D eigenvalue weighted by Crippen LogP contribution is 2.51. The highest BCUT2D eigenvalue weighted by atomic mass is 32.2. The summed E-state index contributed by atoms with van der Waals surface area (Å²) in [5.74, 6) is 0. The summed E-state index contributed by atoms with van der Waals surface area (Å²) in [4.78, 5) is 10.3. The van der Waals surface area contributed by atoms with E-state index < -0.39 is 23.0 Å². The Labute approximate surface area is 148 Å². The molecular weight excluding hydrogens is 356 g/mol. The SMILES string of the molecule is C[Si](C)(C)[C@@H]1[C@H](c2ccccc2)N1S(=O)(=O)c1ccc([N+](=O)[O-])cc1. The number of benzene rings is 2. The monoisotopic (exact) mass is 376 g/mol. The summed E-state index contributed by atoms with van der Waals surface area (Å²) in [5, 5.41) is 10.8. The van der Waals surface area contributed by atoms with Crippen LogP contribution in [-0.4, -0.2) is 31.4 Å². The molecule has 0 spiro atoms. The molecule has 0 aromatic heterocycles. The van der Waals surface area contributed by atoms with Gasteiger partial charge in [0.05, 0.1) is 23.9 Å². The van der Waals surface area contributed by atoms with Gasteiger partial charge in [-0.2, -0.15) is 4.31 Å². The van der Waals surface area contributed by atoms with E-state index in [2.05, 4.69) is 19.6 Å². The van der Waals surface area contributed by atoms with Crippen LogP contribution in [0.4, 0.5) is 5.69 Å². The first-order chi connectivity index (χ1) is 11.6. The van der Waals surface area contributed by atoms with Gasteiger partial charge in [0.2, 0.25) is 10.0 Å². The molecule has 1 heterocycles. The Balaban J connectivity index is 1.99. The van der Waals surface area contributed by atoms with E-state index in [1.165, 1.54) is 24.3 Å². The fourth-order valence-electron chi connectivity index (χ4n) is 3.21. The molecule has 1 fully saturated rings. The second-order valence-electron chi connectivity index (χ2n) is 7.25. The van der Waals surface area contributed by atoms with Crippen molar-refractivity contribution in [1.82, 2.24) is 4.31 Å². The van der Waals surface area contributed by atoms with Crippen LogP contribution in [-0.2, 0) is 10.0 Å². The lowest BCUT2D eigenvalue weighted by atomic mass is 10.2. The number of non-ortho nitro benzene ring substituents is 1. The maximum atomic E-state index is 13.1. The minimum Gasteiger partial charge on any atom is -0.258 e. The average molecular weight is 377 g/mol. The first-order valence-electron chi connectivity index (χ1n) is 7.97. The van der Waals surface area contributed by atoms with Gasteiger partial charge in [-0.15, -0.1) is 0 Å². The van der Waals surface area contributed by atoms with Crippen molar-refractivity contribution in [3.05, 3.63) is 70.3 Å². The van der Waals surface area contributed by atoms with Gasteiger partial charge in [0.25, 0.3) is 5.69 Å². The zero-order valence-corrected chi connectivity index (χ0v) is 16.1. The van der Waals surface area contributed by atoms with Gasteiger partial charge in [-0.3, -0.25) is 10.1 Å². The quantitative estimate of drug-likeness (QED) is 0.346. The van der Waals surface area contributed by atoms with Crippen molar-refractivity contribution in [3.8, 4) is 0 Å². The predicted molar refractivity (Wildman–Crippen MR) is 98.4 cm³/mol. The molecule has 8 heteroatoms. The Morgan fingerprint density at radius 1 is 1.00 bits per heavy atom. The molecule has 2 aromatic rings. The zero-order valence-electron chi connectivity index (χ0n) is 14.3. The van der Waals surface area contributed by atoms with Crippen molar-refractivity contribution >= 4 is 23.8 Å². The van der Waals surface area contributed by atoms with Crippen molar-refractivity contribution in [2.45, 2.75) is 36.2 Å². The Bertz CT molecular complexity index is 892. The van der Waals surface area contributed by atoms with E-state index in [0.29, 0.717) is 0 Å². The molecule has 1 aliphatic heterocycles. The Morgan fingerprint density at radius 2 is 1.56 bits per heavy atom. The molecule has 3 atom stereocenters. The smallest absolute Gasteiger partial charge is 0.258 e. The summed E-state index contributed by atoms with van der Waals surface area (Å²) in [5.41, 5.74) is 0.849. The van der Waals surface area contributed by atoms with Gasteiger partial charge in [0.15, 0.2) is 0 Å². The second kappa shape index (κ2) is 6.05. The van der Waals surface area contributed by atoms with Crippen molar-refractivity contribution in [3.63, 3.8) is 0 Å². The molecule has 25 heavy (non-hydrogen) atoms. The van der Waals surface area contributed by atoms with Gasteiger partial charge in [-0.1, -0.05) is 50.0 Å². The first kappa shape index (κ1) is 17.8. The summed E-state index contributed by atoms with van der Waals surface area (Å²) in [6.07, 6.45) is 0. The molecular formula is C17H20N2O4SSi. The fraction of sp³-hybridized carbons (Fsp3) is 0.294. The third-order valence-corrected chi connectivity index (χ3v) is 8.84. The van der Waals surface area contributed by atoms with Gasteiger partial charge in [-0.25, -0.2) is 8.42 Å². The molecule has 6 nitrogen and oxygen atoms in total. The maximum Gasteiger partial charge on any atom is 0.269 e. The van der Waals surface area contributed by atoms with Crippen molar-refractivity contribution in [1.29, 1.82) is 0 Å². The molecule has 0 N–H and O–H groups in total. The molecule has 0 saturated carbocycles. The van der Waals surface area contributed by atoms with Crippen LogP contribution in [0.3, 0.4) is 0 Å². The van der Waals surface area contributed by atoms with Gasteiger partial charge in [0.1, 0.15) is 0 Å². The third-order valence-electron chi connectivity index (χ3n) is 4.41. The number of hydrogen-bond donors (Lipinski definition) is 0. The molecule has 0 radical (unpaired) electrons. The average Bonchev–Trinajstić information content (AvgIpc) is 3.32. The highest BCUT2D eigenvalue weighted by Gasteiger charge is 2.61. The number of nitrogens with zero attached hydrogens (tertiary/aromatic N) is 2. The van der Waals surface area contributed by atoms with Gasteiger partial charge < -0.3 is 0 Å². The molecule has 132 valence electrons. The van der Waals surface area contributed by atoms with Crippen LogP contribution >= 0.6 is 0 Å². The number of nitro groups is 1. The van der Waals surface area contributed by atoms with Gasteiger partial charge in [-0.05, 0) is 17.7 Å². The Morgan fingerprint density at radius 3 is 2.04 bits per heavy atom. The van der Waals surface area contributed by atoms with Crippen molar-refractivity contribution in [2.24, 2.45) is 0 Å². The zero-order chi connectivity index (χ0) is 18.4. The molecule has 0 bridgehead atoms. The van der Waals surface area contributed by atoms with Crippen LogP contribution in [0.2, 0.25) is 19.6 Å². The number of nitro benzene ring substituents is 1. The molecule has 1 unspecified atom stereocenters. The minimum absolute atomic E-state index is 0.0184. The largest absolute Gasteiger partial charge is 0.269 e. The van der Waals surface area contributed by atoms with E-state index in [1.54, 1.807) is 4.31 Å². The standard InChI is InChI=1S/C17H20N2O4SSi/c1-25(2,3)17-16(13-7-5-4-6-8-13)18(17)24(22,23)15-11-9-14(10-12-15)19(20)21/h4-12,16-17H,1-3H3/t16-,17+,18?/m0/s1. The summed E-state index contributed by atoms with van der Waals surface area (Å²) < 4.78 is 27.8. The van der Waals surface area contributed by atoms with E-state index in [9.17, 15) is 18.5 Å². The first-order valence-corrected chi connectivity index (χ1v) is 13.0. The highest BCUT2D eigenvalue weighted by molar-refractivity contribution is 7.89.